The lowest BCUT2D eigenvalue weighted by atomic mass is 10.2. The number of sulfonamides is 1. The van der Waals surface area contributed by atoms with Crippen molar-refractivity contribution in [1.82, 2.24) is 9.21 Å². The number of hydrogen-bond donors (Lipinski definition) is 0. The minimum absolute atomic E-state index is 0.0116. The average Bonchev–Trinajstić information content (AvgIpc) is 3.07. The van der Waals surface area contributed by atoms with Gasteiger partial charge in [-0.3, -0.25) is 4.79 Å². The maximum absolute atomic E-state index is 12.8. The third-order valence-corrected chi connectivity index (χ3v) is 7.35. The quantitative estimate of drug-likeness (QED) is 0.822. The first-order valence-corrected chi connectivity index (χ1v) is 10.6. The summed E-state index contributed by atoms with van der Waals surface area (Å²) in [4.78, 5) is 16.3. The maximum atomic E-state index is 12.8. The van der Waals surface area contributed by atoms with Crippen molar-refractivity contribution >= 4 is 27.3 Å². The van der Waals surface area contributed by atoms with Gasteiger partial charge < -0.3 is 4.90 Å². The van der Waals surface area contributed by atoms with Gasteiger partial charge in [0.05, 0.1) is 9.77 Å². The van der Waals surface area contributed by atoms with Crippen molar-refractivity contribution in [3.63, 3.8) is 0 Å². The Morgan fingerprint density at radius 1 is 1.04 bits per heavy atom. The molecule has 1 saturated heterocycles. The van der Waals surface area contributed by atoms with E-state index in [9.17, 15) is 13.2 Å². The van der Waals surface area contributed by atoms with Crippen LogP contribution in [0.4, 0.5) is 0 Å². The van der Waals surface area contributed by atoms with Gasteiger partial charge in [0.2, 0.25) is 10.0 Å². The lowest BCUT2D eigenvalue weighted by Crippen LogP contribution is -2.50. The van der Waals surface area contributed by atoms with Crippen LogP contribution in [-0.2, 0) is 16.4 Å². The Morgan fingerprint density at radius 2 is 1.68 bits per heavy atom. The Morgan fingerprint density at radius 3 is 2.20 bits per heavy atom. The van der Waals surface area contributed by atoms with Gasteiger partial charge in [-0.05, 0) is 43.2 Å². The minimum atomic E-state index is -3.50. The molecule has 0 bridgehead atoms. The van der Waals surface area contributed by atoms with Gasteiger partial charge in [-0.1, -0.05) is 19.1 Å². The van der Waals surface area contributed by atoms with Crippen molar-refractivity contribution in [1.29, 1.82) is 0 Å². The molecule has 1 aromatic heterocycles. The molecule has 0 saturated carbocycles. The van der Waals surface area contributed by atoms with Gasteiger partial charge in [0, 0.05) is 31.1 Å². The summed E-state index contributed by atoms with van der Waals surface area (Å²) in [5, 5.41) is 0. The van der Waals surface area contributed by atoms with E-state index in [0.717, 1.165) is 16.9 Å². The van der Waals surface area contributed by atoms with Gasteiger partial charge in [-0.2, -0.15) is 4.31 Å². The molecule has 0 aliphatic carbocycles. The largest absolute Gasteiger partial charge is 0.335 e. The fourth-order valence-corrected chi connectivity index (χ4v) is 5.14. The number of rotatable bonds is 4. The monoisotopic (exact) mass is 378 g/mol. The molecule has 2 heterocycles. The first kappa shape index (κ1) is 18.1. The van der Waals surface area contributed by atoms with E-state index >= 15 is 0 Å². The third-order valence-electron chi connectivity index (χ3n) is 4.45. The molecule has 5 nitrogen and oxygen atoms in total. The molecule has 1 aliphatic rings. The summed E-state index contributed by atoms with van der Waals surface area (Å²) in [5.74, 6) is -0.0116. The molecule has 0 atom stereocenters. The fourth-order valence-electron chi connectivity index (χ4n) is 2.88. The molecule has 0 radical (unpaired) electrons. The molecule has 1 fully saturated rings. The van der Waals surface area contributed by atoms with Gasteiger partial charge in [0.15, 0.2) is 0 Å². The second kappa shape index (κ2) is 7.27. The number of hydrogen-bond acceptors (Lipinski definition) is 4. The van der Waals surface area contributed by atoms with Crippen molar-refractivity contribution in [2.75, 3.05) is 26.2 Å². The van der Waals surface area contributed by atoms with Gasteiger partial charge in [0.25, 0.3) is 5.91 Å². The summed E-state index contributed by atoms with van der Waals surface area (Å²) in [5.41, 5.74) is 1.11. The Hall–Kier alpha value is -1.70. The molecule has 0 spiro atoms. The highest BCUT2D eigenvalue weighted by molar-refractivity contribution is 7.89. The number of nitrogens with zero attached hydrogens (tertiary/aromatic N) is 2. The van der Waals surface area contributed by atoms with Gasteiger partial charge in [-0.15, -0.1) is 11.3 Å². The smallest absolute Gasteiger partial charge is 0.264 e. The summed E-state index contributed by atoms with van der Waals surface area (Å²) in [6.45, 7) is 5.50. The molecular formula is C18H22N2O3S2. The zero-order valence-electron chi connectivity index (χ0n) is 14.4. The molecule has 0 N–H and O–H groups in total. The van der Waals surface area contributed by atoms with Crippen LogP contribution in [0.1, 0.15) is 27.0 Å². The Labute approximate surface area is 152 Å². The second-order valence-corrected chi connectivity index (χ2v) is 9.33. The highest BCUT2D eigenvalue weighted by Gasteiger charge is 2.30. The van der Waals surface area contributed by atoms with E-state index in [1.807, 2.05) is 38.1 Å². The average molecular weight is 379 g/mol. The summed E-state index contributed by atoms with van der Waals surface area (Å²) >= 11 is 1.47. The van der Waals surface area contributed by atoms with Crippen LogP contribution >= 0.6 is 11.3 Å². The van der Waals surface area contributed by atoms with E-state index in [2.05, 4.69) is 0 Å². The molecule has 3 rings (SSSR count). The molecule has 7 heteroatoms. The molecule has 1 aliphatic heterocycles. The van der Waals surface area contributed by atoms with E-state index in [4.69, 9.17) is 0 Å². The number of carbonyl (C=O) groups is 1. The Balaban J connectivity index is 1.67. The Bertz CT molecular complexity index is 849. The van der Waals surface area contributed by atoms with E-state index in [1.165, 1.54) is 15.6 Å². The maximum Gasteiger partial charge on any atom is 0.264 e. The number of thiophene rings is 1. The van der Waals surface area contributed by atoms with Crippen LogP contribution in [0, 0.1) is 6.92 Å². The fraction of sp³-hybridized carbons (Fsp3) is 0.389. The number of aryl methyl sites for hydroxylation is 2. The van der Waals surface area contributed by atoms with Gasteiger partial charge in [-0.25, -0.2) is 8.42 Å². The molecule has 2 aromatic rings. The molecule has 1 amide bonds. The first-order valence-electron chi connectivity index (χ1n) is 8.36. The lowest BCUT2D eigenvalue weighted by Gasteiger charge is -2.33. The van der Waals surface area contributed by atoms with Crippen LogP contribution in [0.5, 0.6) is 0 Å². The van der Waals surface area contributed by atoms with Crippen molar-refractivity contribution in [3.05, 3.63) is 51.7 Å². The summed E-state index contributed by atoms with van der Waals surface area (Å²) in [6.07, 6.45) is 0.878. The Kier molecular flexibility index (Phi) is 5.27. The van der Waals surface area contributed by atoms with Gasteiger partial charge in [0.1, 0.15) is 0 Å². The van der Waals surface area contributed by atoms with E-state index in [0.29, 0.717) is 36.0 Å². The summed E-state index contributed by atoms with van der Waals surface area (Å²) < 4.78 is 27.0. The van der Waals surface area contributed by atoms with Crippen LogP contribution in [0.3, 0.4) is 0 Å². The summed E-state index contributed by atoms with van der Waals surface area (Å²) in [6, 6.07) is 10.8. The van der Waals surface area contributed by atoms with Crippen molar-refractivity contribution in [2.45, 2.75) is 25.2 Å². The predicted molar refractivity (Wildman–Crippen MR) is 99.5 cm³/mol. The zero-order valence-corrected chi connectivity index (χ0v) is 16.1. The zero-order chi connectivity index (χ0) is 18.0. The van der Waals surface area contributed by atoms with E-state index in [1.54, 1.807) is 17.0 Å². The van der Waals surface area contributed by atoms with Gasteiger partial charge >= 0.3 is 0 Å². The standard InChI is InChI=1S/C18H22N2O3S2/c1-3-15-5-7-16(8-6-15)25(22,23)20-12-10-19(11-13-20)18(21)17-9-4-14(2)24-17/h4-9H,3,10-13H2,1-2H3. The van der Waals surface area contributed by atoms with Crippen molar-refractivity contribution < 1.29 is 13.2 Å². The van der Waals surface area contributed by atoms with Crippen molar-refractivity contribution in [2.24, 2.45) is 0 Å². The van der Waals surface area contributed by atoms with Crippen LogP contribution in [0.2, 0.25) is 0 Å². The minimum Gasteiger partial charge on any atom is -0.335 e. The second-order valence-electron chi connectivity index (χ2n) is 6.10. The normalized spacial score (nSPS) is 16.2. The molecular weight excluding hydrogens is 356 g/mol. The van der Waals surface area contributed by atoms with Crippen molar-refractivity contribution in [3.8, 4) is 0 Å². The van der Waals surface area contributed by atoms with E-state index in [-0.39, 0.29) is 5.91 Å². The number of carbonyl (C=O) groups excluding carboxylic acids is 1. The molecule has 134 valence electrons. The molecule has 1 aromatic carbocycles. The van der Waals surface area contributed by atoms with Crippen LogP contribution in [-0.4, -0.2) is 49.7 Å². The number of benzene rings is 1. The number of piperazine rings is 1. The predicted octanol–water partition coefficient (Wildman–Crippen LogP) is 2.77. The van der Waals surface area contributed by atoms with Crippen LogP contribution in [0.25, 0.3) is 0 Å². The highest BCUT2D eigenvalue weighted by atomic mass is 32.2. The number of amides is 1. The molecule has 0 unspecified atom stereocenters. The van der Waals surface area contributed by atoms with Crippen LogP contribution < -0.4 is 0 Å². The van der Waals surface area contributed by atoms with E-state index < -0.39 is 10.0 Å². The highest BCUT2D eigenvalue weighted by Crippen LogP contribution is 2.21. The third kappa shape index (κ3) is 3.78. The SMILES string of the molecule is CCc1ccc(S(=O)(=O)N2CCN(C(=O)c3ccc(C)s3)CC2)cc1. The van der Waals surface area contributed by atoms with Crippen LogP contribution in [0.15, 0.2) is 41.3 Å². The summed E-state index contributed by atoms with van der Waals surface area (Å²) in [7, 11) is -3.50. The molecule has 25 heavy (non-hydrogen) atoms. The first-order chi connectivity index (χ1) is 11.9. The lowest BCUT2D eigenvalue weighted by molar-refractivity contribution is 0.0703. The topological polar surface area (TPSA) is 57.7 Å².